The summed E-state index contributed by atoms with van der Waals surface area (Å²) in [5.41, 5.74) is 1.65. The monoisotopic (exact) mass is 390 g/mol. The maximum absolute atomic E-state index is 12.2. The normalized spacial score (nSPS) is 10.1. The SMILES string of the molecule is COc1ccc(CNC(=O)CN(C(C)=O)c2ccc(Br)cc2)cc1. The topological polar surface area (TPSA) is 58.6 Å². The van der Waals surface area contributed by atoms with Gasteiger partial charge in [-0.3, -0.25) is 9.59 Å². The van der Waals surface area contributed by atoms with Crippen LogP contribution in [-0.2, 0) is 16.1 Å². The lowest BCUT2D eigenvalue weighted by atomic mass is 10.2. The zero-order valence-electron chi connectivity index (χ0n) is 13.6. The van der Waals surface area contributed by atoms with Gasteiger partial charge in [-0.05, 0) is 42.0 Å². The van der Waals surface area contributed by atoms with E-state index in [1.165, 1.54) is 11.8 Å². The summed E-state index contributed by atoms with van der Waals surface area (Å²) in [6.07, 6.45) is 0. The van der Waals surface area contributed by atoms with Crippen molar-refractivity contribution in [1.82, 2.24) is 5.32 Å². The Labute approximate surface area is 149 Å². The van der Waals surface area contributed by atoms with E-state index in [2.05, 4.69) is 21.2 Å². The molecule has 2 amide bonds. The summed E-state index contributed by atoms with van der Waals surface area (Å²) in [5, 5.41) is 2.82. The zero-order valence-corrected chi connectivity index (χ0v) is 15.2. The predicted molar refractivity (Wildman–Crippen MR) is 97.0 cm³/mol. The number of nitrogens with one attached hydrogen (secondary N) is 1. The molecule has 1 N–H and O–H groups in total. The minimum absolute atomic E-state index is 0.0207. The molecule has 0 heterocycles. The second-order valence-corrected chi connectivity index (χ2v) is 6.12. The van der Waals surface area contributed by atoms with Crippen LogP contribution in [0.15, 0.2) is 53.0 Å². The molecule has 0 aromatic heterocycles. The van der Waals surface area contributed by atoms with Crippen molar-refractivity contribution in [2.45, 2.75) is 13.5 Å². The number of carbonyl (C=O) groups excluding carboxylic acids is 2. The molecule has 24 heavy (non-hydrogen) atoms. The Morgan fingerprint density at radius 2 is 1.71 bits per heavy atom. The molecule has 0 bridgehead atoms. The molecular formula is C18H19BrN2O3. The summed E-state index contributed by atoms with van der Waals surface area (Å²) in [5.74, 6) is 0.365. The van der Waals surface area contributed by atoms with E-state index >= 15 is 0 Å². The molecule has 0 aliphatic rings. The molecule has 5 nitrogen and oxygen atoms in total. The fourth-order valence-electron chi connectivity index (χ4n) is 2.15. The number of halogens is 1. The summed E-state index contributed by atoms with van der Waals surface area (Å²) in [6, 6.07) is 14.7. The summed E-state index contributed by atoms with van der Waals surface area (Å²) >= 11 is 3.35. The second kappa shape index (κ2) is 8.49. The maximum Gasteiger partial charge on any atom is 0.240 e. The molecule has 2 aromatic carbocycles. The van der Waals surface area contributed by atoms with E-state index in [4.69, 9.17) is 4.74 Å². The number of anilines is 1. The molecule has 0 spiro atoms. The zero-order chi connectivity index (χ0) is 17.5. The van der Waals surface area contributed by atoms with Crippen molar-refractivity contribution in [2.75, 3.05) is 18.6 Å². The van der Waals surface area contributed by atoms with Gasteiger partial charge in [-0.25, -0.2) is 0 Å². The quantitative estimate of drug-likeness (QED) is 0.823. The molecule has 0 aliphatic carbocycles. The lowest BCUT2D eigenvalue weighted by molar-refractivity contribution is -0.123. The molecule has 6 heteroatoms. The molecule has 0 saturated heterocycles. The Kier molecular flexibility index (Phi) is 6.37. The lowest BCUT2D eigenvalue weighted by Crippen LogP contribution is -2.39. The Morgan fingerprint density at radius 1 is 1.08 bits per heavy atom. The first-order valence-corrected chi connectivity index (χ1v) is 8.22. The highest BCUT2D eigenvalue weighted by molar-refractivity contribution is 9.10. The van der Waals surface area contributed by atoms with E-state index in [0.29, 0.717) is 12.2 Å². The van der Waals surface area contributed by atoms with Crippen LogP contribution in [0, 0.1) is 0 Å². The summed E-state index contributed by atoms with van der Waals surface area (Å²) in [7, 11) is 1.61. The van der Waals surface area contributed by atoms with Gasteiger partial charge in [0.25, 0.3) is 0 Å². The van der Waals surface area contributed by atoms with Crippen molar-refractivity contribution < 1.29 is 14.3 Å². The van der Waals surface area contributed by atoms with Crippen molar-refractivity contribution in [2.24, 2.45) is 0 Å². The number of amides is 2. The standard InChI is InChI=1S/C18H19BrN2O3/c1-13(22)21(16-7-5-15(19)6-8-16)12-18(23)20-11-14-3-9-17(24-2)10-4-14/h3-10H,11-12H2,1-2H3,(H,20,23). The molecule has 0 saturated carbocycles. The second-order valence-electron chi connectivity index (χ2n) is 5.21. The minimum atomic E-state index is -0.219. The highest BCUT2D eigenvalue weighted by Crippen LogP contribution is 2.18. The summed E-state index contributed by atoms with van der Waals surface area (Å²) in [6.45, 7) is 1.82. The van der Waals surface area contributed by atoms with Crippen LogP contribution in [0.4, 0.5) is 5.69 Å². The van der Waals surface area contributed by atoms with Crippen LogP contribution >= 0.6 is 15.9 Å². The van der Waals surface area contributed by atoms with Crippen LogP contribution in [0.2, 0.25) is 0 Å². The van der Waals surface area contributed by atoms with Crippen molar-refractivity contribution in [3.8, 4) is 5.75 Å². The van der Waals surface area contributed by atoms with Crippen molar-refractivity contribution in [3.05, 3.63) is 58.6 Å². The number of carbonyl (C=O) groups is 2. The van der Waals surface area contributed by atoms with Crippen molar-refractivity contribution >= 4 is 33.4 Å². The van der Waals surface area contributed by atoms with Gasteiger partial charge in [0.2, 0.25) is 11.8 Å². The van der Waals surface area contributed by atoms with E-state index in [0.717, 1.165) is 15.8 Å². The highest BCUT2D eigenvalue weighted by Gasteiger charge is 2.15. The molecule has 0 radical (unpaired) electrons. The Hall–Kier alpha value is -2.34. The number of hydrogen-bond donors (Lipinski definition) is 1. The smallest absolute Gasteiger partial charge is 0.240 e. The van der Waals surface area contributed by atoms with E-state index in [-0.39, 0.29) is 18.4 Å². The van der Waals surface area contributed by atoms with E-state index in [9.17, 15) is 9.59 Å². The molecule has 0 aliphatic heterocycles. The third kappa shape index (κ3) is 5.09. The third-order valence-corrected chi connectivity index (χ3v) is 4.00. The van der Waals surface area contributed by atoms with Crippen LogP contribution in [0.1, 0.15) is 12.5 Å². The average molecular weight is 391 g/mol. The summed E-state index contributed by atoms with van der Waals surface area (Å²) < 4.78 is 6.01. The third-order valence-electron chi connectivity index (χ3n) is 3.47. The first-order valence-electron chi connectivity index (χ1n) is 7.43. The van der Waals surface area contributed by atoms with Crippen molar-refractivity contribution in [3.63, 3.8) is 0 Å². The van der Waals surface area contributed by atoms with Gasteiger partial charge in [-0.1, -0.05) is 28.1 Å². The van der Waals surface area contributed by atoms with E-state index in [1.54, 1.807) is 19.2 Å². The average Bonchev–Trinajstić information content (AvgIpc) is 2.59. The number of nitrogens with zero attached hydrogens (tertiary/aromatic N) is 1. The highest BCUT2D eigenvalue weighted by atomic mass is 79.9. The Bertz CT molecular complexity index is 699. The van der Waals surface area contributed by atoms with Gasteiger partial charge in [0, 0.05) is 23.6 Å². The molecule has 126 valence electrons. The van der Waals surface area contributed by atoms with Gasteiger partial charge in [0.1, 0.15) is 12.3 Å². The van der Waals surface area contributed by atoms with Gasteiger partial charge >= 0.3 is 0 Å². The largest absolute Gasteiger partial charge is 0.497 e. The Morgan fingerprint density at radius 3 is 2.25 bits per heavy atom. The number of methoxy groups -OCH3 is 1. The van der Waals surface area contributed by atoms with Crippen LogP contribution in [0.5, 0.6) is 5.75 Å². The molecule has 0 unspecified atom stereocenters. The molecule has 2 aromatic rings. The van der Waals surface area contributed by atoms with Gasteiger partial charge in [-0.2, -0.15) is 0 Å². The van der Waals surface area contributed by atoms with Crippen LogP contribution in [0.3, 0.4) is 0 Å². The molecule has 0 fully saturated rings. The van der Waals surface area contributed by atoms with Crippen LogP contribution in [-0.4, -0.2) is 25.5 Å². The summed E-state index contributed by atoms with van der Waals surface area (Å²) in [4.78, 5) is 25.4. The van der Waals surface area contributed by atoms with Crippen LogP contribution in [0.25, 0.3) is 0 Å². The molecule has 0 atom stereocenters. The molecule has 2 rings (SSSR count). The fourth-order valence-corrected chi connectivity index (χ4v) is 2.41. The number of rotatable bonds is 6. The minimum Gasteiger partial charge on any atom is -0.497 e. The van der Waals surface area contributed by atoms with Gasteiger partial charge in [0.15, 0.2) is 0 Å². The first-order chi connectivity index (χ1) is 11.5. The number of benzene rings is 2. The fraction of sp³-hybridized carbons (Fsp3) is 0.222. The van der Waals surface area contributed by atoms with Gasteiger partial charge in [0.05, 0.1) is 7.11 Å². The number of hydrogen-bond acceptors (Lipinski definition) is 3. The van der Waals surface area contributed by atoms with Gasteiger partial charge < -0.3 is 15.0 Å². The predicted octanol–water partition coefficient (Wildman–Crippen LogP) is 3.13. The molecular weight excluding hydrogens is 372 g/mol. The Balaban J connectivity index is 1.95. The van der Waals surface area contributed by atoms with E-state index in [1.807, 2.05) is 36.4 Å². The first kappa shape index (κ1) is 18.0. The van der Waals surface area contributed by atoms with Crippen molar-refractivity contribution in [1.29, 1.82) is 0 Å². The van der Waals surface area contributed by atoms with E-state index < -0.39 is 0 Å². The lowest BCUT2D eigenvalue weighted by Gasteiger charge is -2.20. The maximum atomic E-state index is 12.2. The van der Waals surface area contributed by atoms with Crippen LogP contribution < -0.4 is 15.0 Å². The van der Waals surface area contributed by atoms with Gasteiger partial charge in [-0.15, -0.1) is 0 Å². The number of ether oxygens (including phenoxy) is 1.